The highest BCUT2D eigenvalue weighted by Gasteiger charge is 2.48. The standard InChI is InChI=1S/C17H19F2NO3/c18-9-1-2-13(16(19)3-9)14-5-10(6-15(14)17(21)22)20-7-12-4-11(20)8-23-12/h1-3,10-12,14-15H,4-8H2,(H,21,22)/t10-,11-,12-,14+,15-/m1/s1. The van der Waals surface area contributed by atoms with Gasteiger partial charge in [-0.3, -0.25) is 9.69 Å². The molecule has 1 saturated carbocycles. The van der Waals surface area contributed by atoms with Crippen LogP contribution in [0.2, 0.25) is 0 Å². The molecule has 23 heavy (non-hydrogen) atoms. The molecule has 0 amide bonds. The lowest BCUT2D eigenvalue weighted by atomic mass is 9.88. The Hall–Kier alpha value is -1.53. The second-order valence-electron chi connectivity index (χ2n) is 6.88. The van der Waals surface area contributed by atoms with Crippen LogP contribution in [-0.2, 0) is 9.53 Å². The topological polar surface area (TPSA) is 49.8 Å². The average molecular weight is 323 g/mol. The van der Waals surface area contributed by atoms with E-state index < -0.39 is 29.4 Å². The smallest absolute Gasteiger partial charge is 0.307 e. The number of nitrogens with zero attached hydrogens (tertiary/aromatic N) is 1. The Labute approximate surface area is 133 Å². The van der Waals surface area contributed by atoms with Gasteiger partial charge in [0.1, 0.15) is 11.6 Å². The summed E-state index contributed by atoms with van der Waals surface area (Å²) in [5, 5.41) is 9.54. The van der Waals surface area contributed by atoms with Crippen molar-refractivity contribution < 1.29 is 23.4 Å². The molecule has 2 saturated heterocycles. The monoisotopic (exact) mass is 323 g/mol. The van der Waals surface area contributed by atoms with Crippen molar-refractivity contribution in [2.45, 2.75) is 43.4 Å². The summed E-state index contributed by atoms with van der Waals surface area (Å²) in [6.07, 6.45) is 2.37. The van der Waals surface area contributed by atoms with Gasteiger partial charge in [0.15, 0.2) is 0 Å². The highest BCUT2D eigenvalue weighted by Crippen LogP contribution is 2.45. The Morgan fingerprint density at radius 2 is 2.04 bits per heavy atom. The first-order chi connectivity index (χ1) is 11.0. The molecule has 3 aliphatic rings. The van der Waals surface area contributed by atoms with Gasteiger partial charge in [0.2, 0.25) is 0 Å². The second-order valence-corrected chi connectivity index (χ2v) is 6.88. The molecule has 1 N–H and O–H groups in total. The van der Waals surface area contributed by atoms with E-state index in [4.69, 9.17) is 4.74 Å². The van der Waals surface area contributed by atoms with Crippen molar-refractivity contribution in [1.29, 1.82) is 0 Å². The van der Waals surface area contributed by atoms with E-state index in [0.29, 0.717) is 31.1 Å². The summed E-state index contributed by atoms with van der Waals surface area (Å²) < 4.78 is 32.9. The number of halogens is 2. The molecule has 1 aromatic rings. The first-order valence-electron chi connectivity index (χ1n) is 8.08. The maximum atomic E-state index is 14.1. The molecule has 2 bridgehead atoms. The van der Waals surface area contributed by atoms with Crippen LogP contribution in [0.3, 0.4) is 0 Å². The molecule has 1 aromatic carbocycles. The summed E-state index contributed by atoms with van der Waals surface area (Å²) in [6.45, 7) is 1.54. The van der Waals surface area contributed by atoms with Gasteiger partial charge in [-0.05, 0) is 30.9 Å². The molecule has 2 heterocycles. The Morgan fingerprint density at radius 3 is 2.65 bits per heavy atom. The summed E-state index contributed by atoms with van der Waals surface area (Å²) in [6, 6.07) is 3.93. The second kappa shape index (κ2) is 5.53. The fourth-order valence-electron chi connectivity index (χ4n) is 4.58. The number of carbonyl (C=O) groups is 1. The predicted octanol–water partition coefficient (Wildman–Crippen LogP) is 2.38. The number of morpholine rings is 1. The van der Waals surface area contributed by atoms with Crippen LogP contribution in [0.4, 0.5) is 8.78 Å². The van der Waals surface area contributed by atoms with Gasteiger partial charge >= 0.3 is 5.97 Å². The lowest BCUT2D eigenvalue weighted by Gasteiger charge is -2.32. The lowest BCUT2D eigenvalue weighted by Crippen LogP contribution is -2.43. The quantitative estimate of drug-likeness (QED) is 0.928. The summed E-state index contributed by atoms with van der Waals surface area (Å²) >= 11 is 0. The predicted molar refractivity (Wildman–Crippen MR) is 78.1 cm³/mol. The highest BCUT2D eigenvalue weighted by atomic mass is 19.1. The van der Waals surface area contributed by atoms with E-state index >= 15 is 0 Å². The Balaban J connectivity index is 1.59. The van der Waals surface area contributed by atoms with E-state index in [1.807, 2.05) is 0 Å². The van der Waals surface area contributed by atoms with Gasteiger partial charge in [0.05, 0.1) is 18.6 Å². The third kappa shape index (κ3) is 2.54. The number of rotatable bonds is 3. The van der Waals surface area contributed by atoms with Gasteiger partial charge in [0, 0.05) is 30.6 Å². The molecule has 6 heteroatoms. The molecule has 3 fully saturated rings. The zero-order valence-corrected chi connectivity index (χ0v) is 12.6. The summed E-state index contributed by atoms with van der Waals surface area (Å²) in [5.74, 6) is -3.21. The van der Waals surface area contributed by atoms with Crippen LogP contribution in [-0.4, -0.2) is 47.3 Å². The number of likely N-dealkylation sites (tertiary alicyclic amines) is 1. The van der Waals surface area contributed by atoms with Crippen LogP contribution >= 0.6 is 0 Å². The SMILES string of the molecule is O=C(O)[C@@H]1C[C@H](N2C[C@H]3C[C@@H]2CO3)C[C@H]1c1ccc(F)cc1F. The van der Waals surface area contributed by atoms with E-state index in [1.54, 1.807) is 0 Å². The number of carboxylic acid groups (broad SMARTS) is 1. The minimum atomic E-state index is -0.901. The molecule has 0 unspecified atom stereocenters. The molecular formula is C17H19F2NO3. The van der Waals surface area contributed by atoms with Gasteiger partial charge in [-0.15, -0.1) is 0 Å². The maximum Gasteiger partial charge on any atom is 0.307 e. The van der Waals surface area contributed by atoms with Gasteiger partial charge in [-0.2, -0.15) is 0 Å². The van der Waals surface area contributed by atoms with Crippen molar-refractivity contribution in [2.24, 2.45) is 5.92 Å². The third-order valence-electron chi connectivity index (χ3n) is 5.63. The fraction of sp³-hybridized carbons (Fsp3) is 0.588. The molecule has 4 nitrogen and oxygen atoms in total. The van der Waals surface area contributed by atoms with E-state index in [1.165, 1.54) is 12.1 Å². The Bertz CT molecular complexity index is 638. The van der Waals surface area contributed by atoms with E-state index in [-0.39, 0.29) is 12.1 Å². The largest absolute Gasteiger partial charge is 0.481 e. The summed E-state index contributed by atoms with van der Waals surface area (Å²) in [7, 11) is 0. The van der Waals surface area contributed by atoms with Crippen molar-refractivity contribution in [2.75, 3.05) is 13.2 Å². The molecule has 4 rings (SSSR count). The Morgan fingerprint density at radius 1 is 1.22 bits per heavy atom. The van der Waals surface area contributed by atoms with Gasteiger partial charge < -0.3 is 9.84 Å². The minimum absolute atomic E-state index is 0.129. The third-order valence-corrected chi connectivity index (χ3v) is 5.63. The first-order valence-corrected chi connectivity index (χ1v) is 8.08. The van der Waals surface area contributed by atoms with Crippen LogP contribution in [0, 0.1) is 17.6 Å². The number of benzene rings is 1. The van der Waals surface area contributed by atoms with Gasteiger partial charge in [0.25, 0.3) is 0 Å². The van der Waals surface area contributed by atoms with E-state index in [0.717, 1.165) is 19.0 Å². The van der Waals surface area contributed by atoms with Gasteiger partial charge in [-0.1, -0.05) is 6.07 Å². The number of hydrogen-bond acceptors (Lipinski definition) is 3. The molecule has 5 atom stereocenters. The number of hydrogen-bond donors (Lipinski definition) is 1. The number of fused-ring (bicyclic) bond motifs is 2. The molecule has 0 radical (unpaired) electrons. The van der Waals surface area contributed by atoms with Crippen molar-refractivity contribution in [3.63, 3.8) is 0 Å². The number of ether oxygens (including phenoxy) is 1. The fourth-order valence-corrected chi connectivity index (χ4v) is 4.58. The molecule has 0 spiro atoms. The maximum absolute atomic E-state index is 14.1. The van der Waals surface area contributed by atoms with Crippen LogP contribution in [0.5, 0.6) is 0 Å². The minimum Gasteiger partial charge on any atom is -0.481 e. The van der Waals surface area contributed by atoms with Crippen molar-refractivity contribution in [1.82, 2.24) is 4.90 Å². The van der Waals surface area contributed by atoms with Crippen LogP contribution in [0.1, 0.15) is 30.7 Å². The highest BCUT2D eigenvalue weighted by molar-refractivity contribution is 5.72. The van der Waals surface area contributed by atoms with Crippen molar-refractivity contribution in [3.8, 4) is 0 Å². The summed E-state index contributed by atoms with van der Waals surface area (Å²) in [5.41, 5.74) is 0.321. The summed E-state index contributed by atoms with van der Waals surface area (Å²) in [4.78, 5) is 14.0. The van der Waals surface area contributed by atoms with Crippen molar-refractivity contribution in [3.05, 3.63) is 35.4 Å². The van der Waals surface area contributed by atoms with E-state index in [9.17, 15) is 18.7 Å². The normalized spacial score (nSPS) is 36.7. The molecular weight excluding hydrogens is 304 g/mol. The lowest BCUT2D eigenvalue weighted by molar-refractivity contribution is -0.142. The van der Waals surface area contributed by atoms with Crippen molar-refractivity contribution >= 4 is 5.97 Å². The molecule has 0 aromatic heterocycles. The number of carboxylic acids is 1. The van der Waals surface area contributed by atoms with E-state index in [2.05, 4.69) is 4.90 Å². The van der Waals surface area contributed by atoms with Crippen LogP contribution < -0.4 is 0 Å². The van der Waals surface area contributed by atoms with Crippen LogP contribution in [0.15, 0.2) is 18.2 Å². The zero-order valence-electron chi connectivity index (χ0n) is 12.6. The number of aliphatic carboxylic acids is 1. The molecule has 1 aliphatic carbocycles. The molecule has 2 aliphatic heterocycles. The van der Waals surface area contributed by atoms with Crippen LogP contribution in [0.25, 0.3) is 0 Å². The zero-order chi connectivity index (χ0) is 16.1. The Kier molecular flexibility index (Phi) is 3.61. The molecule has 124 valence electrons. The average Bonchev–Trinajstić information content (AvgIpc) is 3.21. The first kappa shape index (κ1) is 15.0. The van der Waals surface area contributed by atoms with Gasteiger partial charge in [-0.25, -0.2) is 8.78 Å².